The third-order valence-corrected chi connectivity index (χ3v) is 1.50. The highest BCUT2D eigenvalue weighted by Gasteiger charge is 1.98. The first-order chi connectivity index (χ1) is 7.13. The predicted molar refractivity (Wildman–Crippen MR) is 65.3 cm³/mol. The van der Waals surface area contributed by atoms with Crippen molar-refractivity contribution in [3.05, 3.63) is 23.9 Å². The molecular weight excluding hydrogens is 186 g/mol. The first kappa shape index (κ1) is 13.9. The first-order valence-electron chi connectivity index (χ1n) is 5.76. The smallest absolute Gasteiger partial charge is 0.213 e. The summed E-state index contributed by atoms with van der Waals surface area (Å²) in [5.74, 6) is 0.726. The Balaban J connectivity index is 0.000000583. The average molecular weight is 209 g/mol. The van der Waals surface area contributed by atoms with Crippen LogP contribution in [-0.4, -0.2) is 11.1 Å². The predicted octanol–water partition coefficient (Wildman–Crippen LogP) is 3.85. The van der Waals surface area contributed by atoms with Gasteiger partial charge in [-0.05, 0) is 26.3 Å². The molecule has 1 heterocycles. The number of nitrogens with zero attached hydrogens (tertiary/aromatic N) is 1. The quantitative estimate of drug-likeness (QED) is 0.754. The fourth-order valence-corrected chi connectivity index (χ4v) is 0.962. The number of rotatable bonds is 3. The summed E-state index contributed by atoms with van der Waals surface area (Å²) in [6.45, 7) is 10.3. The molecule has 0 amide bonds. The van der Waals surface area contributed by atoms with Crippen LogP contribution in [0.5, 0.6) is 5.88 Å². The van der Waals surface area contributed by atoms with E-state index in [9.17, 15) is 0 Å². The third kappa shape index (κ3) is 6.95. The molecule has 2 heteroatoms. The monoisotopic (exact) mass is 209 g/mol. The van der Waals surface area contributed by atoms with Crippen molar-refractivity contribution < 1.29 is 4.74 Å². The van der Waals surface area contributed by atoms with Gasteiger partial charge in [-0.3, -0.25) is 0 Å². The SMILES string of the molecule is CCC.CCc1cccc(OC(C)C)n1. The van der Waals surface area contributed by atoms with E-state index < -0.39 is 0 Å². The molecule has 0 aliphatic carbocycles. The maximum atomic E-state index is 5.45. The molecule has 15 heavy (non-hydrogen) atoms. The molecule has 1 aromatic rings. The van der Waals surface area contributed by atoms with Gasteiger partial charge in [0, 0.05) is 11.8 Å². The largest absolute Gasteiger partial charge is 0.475 e. The zero-order valence-electron chi connectivity index (χ0n) is 10.6. The number of ether oxygens (including phenoxy) is 1. The van der Waals surface area contributed by atoms with Crippen molar-refractivity contribution in [2.24, 2.45) is 0 Å². The molecule has 2 nitrogen and oxygen atoms in total. The summed E-state index contributed by atoms with van der Waals surface area (Å²) >= 11 is 0. The second-order valence-corrected chi connectivity index (χ2v) is 3.69. The Kier molecular flexibility index (Phi) is 7.69. The lowest BCUT2D eigenvalue weighted by molar-refractivity contribution is 0.232. The van der Waals surface area contributed by atoms with Crippen molar-refractivity contribution >= 4 is 0 Å². The molecule has 0 saturated heterocycles. The highest BCUT2D eigenvalue weighted by molar-refractivity contribution is 5.15. The van der Waals surface area contributed by atoms with Crippen LogP contribution in [0.15, 0.2) is 18.2 Å². The van der Waals surface area contributed by atoms with Crippen molar-refractivity contribution in [1.29, 1.82) is 0 Å². The van der Waals surface area contributed by atoms with Crippen LogP contribution in [0.1, 0.15) is 46.7 Å². The van der Waals surface area contributed by atoms with E-state index in [1.54, 1.807) is 0 Å². The van der Waals surface area contributed by atoms with E-state index in [1.165, 1.54) is 6.42 Å². The van der Waals surface area contributed by atoms with E-state index in [4.69, 9.17) is 4.74 Å². The van der Waals surface area contributed by atoms with Gasteiger partial charge >= 0.3 is 0 Å². The van der Waals surface area contributed by atoms with Gasteiger partial charge in [-0.25, -0.2) is 4.98 Å². The molecule has 1 aromatic heterocycles. The topological polar surface area (TPSA) is 22.1 Å². The third-order valence-electron chi connectivity index (χ3n) is 1.50. The fraction of sp³-hybridized carbons (Fsp3) is 0.615. The van der Waals surface area contributed by atoms with E-state index in [2.05, 4.69) is 25.8 Å². The lowest BCUT2D eigenvalue weighted by atomic mass is 10.3. The van der Waals surface area contributed by atoms with E-state index in [0.29, 0.717) is 0 Å². The number of pyridine rings is 1. The van der Waals surface area contributed by atoms with E-state index in [1.807, 2.05) is 32.0 Å². The van der Waals surface area contributed by atoms with Crippen molar-refractivity contribution in [2.75, 3.05) is 0 Å². The minimum absolute atomic E-state index is 0.199. The Labute approximate surface area is 93.7 Å². The molecule has 0 aliphatic heterocycles. The molecule has 1 rings (SSSR count). The number of aryl methyl sites for hydroxylation is 1. The van der Waals surface area contributed by atoms with Crippen LogP contribution < -0.4 is 4.74 Å². The van der Waals surface area contributed by atoms with Gasteiger partial charge in [-0.1, -0.05) is 33.3 Å². The van der Waals surface area contributed by atoms with Gasteiger partial charge in [0.25, 0.3) is 0 Å². The molecule has 0 aromatic carbocycles. The molecule has 0 atom stereocenters. The molecule has 0 bridgehead atoms. The van der Waals surface area contributed by atoms with Crippen LogP contribution in [0, 0.1) is 0 Å². The molecule has 0 radical (unpaired) electrons. The van der Waals surface area contributed by atoms with Gasteiger partial charge in [0.05, 0.1) is 6.10 Å². The molecule has 86 valence electrons. The maximum Gasteiger partial charge on any atom is 0.213 e. The Morgan fingerprint density at radius 3 is 2.27 bits per heavy atom. The summed E-state index contributed by atoms with van der Waals surface area (Å²) in [4.78, 5) is 4.31. The minimum Gasteiger partial charge on any atom is -0.475 e. The second kappa shape index (κ2) is 8.27. The van der Waals surface area contributed by atoms with Gasteiger partial charge in [-0.2, -0.15) is 0 Å². The zero-order chi connectivity index (χ0) is 11.7. The maximum absolute atomic E-state index is 5.45. The molecule has 0 saturated carbocycles. The van der Waals surface area contributed by atoms with Crippen LogP contribution in [0.25, 0.3) is 0 Å². The standard InChI is InChI=1S/C10H15NO.C3H8/c1-4-9-6-5-7-10(11-9)12-8(2)3;1-3-2/h5-8H,4H2,1-3H3;3H2,1-2H3. The normalized spacial score (nSPS) is 9.47. The zero-order valence-corrected chi connectivity index (χ0v) is 10.6. The van der Waals surface area contributed by atoms with Crippen LogP contribution in [0.4, 0.5) is 0 Å². The van der Waals surface area contributed by atoms with Gasteiger partial charge < -0.3 is 4.74 Å². The lowest BCUT2D eigenvalue weighted by Crippen LogP contribution is -2.07. The van der Waals surface area contributed by atoms with Crippen molar-refractivity contribution in [3.63, 3.8) is 0 Å². The van der Waals surface area contributed by atoms with Crippen LogP contribution >= 0.6 is 0 Å². The Morgan fingerprint density at radius 1 is 1.20 bits per heavy atom. The molecule has 0 aliphatic rings. The minimum atomic E-state index is 0.199. The summed E-state index contributed by atoms with van der Waals surface area (Å²) in [6, 6.07) is 5.87. The van der Waals surface area contributed by atoms with Crippen molar-refractivity contribution in [3.8, 4) is 5.88 Å². The molecule has 0 spiro atoms. The number of hydrogen-bond acceptors (Lipinski definition) is 2. The van der Waals surface area contributed by atoms with Crippen molar-refractivity contribution in [1.82, 2.24) is 4.98 Å². The van der Waals surface area contributed by atoms with Crippen LogP contribution in [-0.2, 0) is 6.42 Å². The van der Waals surface area contributed by atoms with Crippen LogP contribution in [0.2, 0.25) is 0 Å². The molecule has 0 N–H and O–H groups in total. The van der Waals surface area contributed by atoms with Gasteiger partial charge in [0.2, 0.25) is 5.88 Å². The van der Waals surface area contributed by atoms with Crippen LogP contribution in [0.3, 0.4) is 0 Å². The molecular formula is C13H23NO. The van der Waals surface area contributed by atoms with Crippen molar-refractivity contribution in [2.45, 2.75) is 53.6 Å². The summed E-state index contributed by atoms with van der Waals surface area (Å²) < 4.78 is 5.45. The number of hydrogen-bond donors (Lipinski definition) is 0. The average Bonchev–Trinajstić information content (AvgIpc) is 2.18. The van der Waals surface area contributed by atoms with Gasteiger partial charge in [0.15, 0.2) is 0 Å². The van der Waals surface area contributed by atoms with E-state index >= 15 is 0 Å². The highest BCUT2D eigenvalue weighted by Crippen LogP contribution is 2.09. The molecule has 0 fully saturated rings. The summed E-state index contributed by atoms with van der Waals surface area (Å²) in [6.07, 6.45) is 2.40. The second-order valence-electron chi connectivity index (χ2n) is 3.69. The van der Waals surface area contributed by atoms with Gasteiger partial charge in [-0.15, -0.1) is 0 Å². The fourth-order valence-electron chi connectivity index (χ4n) is 0.962. The summed E-state index contributed by atoms with van der Waals surface area (Å²) in [5, 5.41) is 0. The highest BCUT2D eigenvalue weighted by atomic mass is 16.5. The number of aromatic nitrogens is 1. The Morgan fingerprint density at radius 2 is 1.80 bits per heavy atom. The summed E-state index contributed by atoms with van der Waals surface area (Å²) in [7, 11) is 0. The Bertz CT molecular complexity index is 258. The first-order valence-corrected chi connectivity index (χ1v) is 5.76. The van der Waals surface area contributed by atoms with E-state index in [-0.39, 0.29) is 6.10 Å². The lowest BCUT2D eigenvalue weighted by Gasteiger charge is -2.08. The van der Waals surface area contributed by atoms with Gasteiger partial charge in [0.1, 0.15) is 0 Å². The Hall–Kier alpha value is -1.05. The molecule has 0 unspecified atom stereocenters. The van der Waals surface area contributed by atoms with E-state index in [0.717, 1.165) is 18.0 Å². The summed E-state index contributed by atoms with van der Waals surface area (Å²) in [5.41, 5.74) is 1.08.